The van der Waals surface area contributed by atoms with E-state index < -0.39 is 6.03 Å². The van der Waals surface area contributed by atoms with Crippen LogP contribution in [0.5, 0.6) is 0 Å². The quantitative estimate of drug-likeness (QED) is 0.551. The van der Waals surface area contributed by atoms with Crippen molar-refractivity contribution in [3.63, 3.8) is 0 Å². The van der Waals surface area contributed by atoms with Gasteiger partial charge in [0.15, 0.2) is 0 Å². The van der Waals surface area contributed by atoms with Crippen molar-refractivity contribution in [1.82, 2.24) is 14.7 Å². The Balaban J connectivity index is 1.77. The van der Waals surface area contributed by atoms with Crippen LogP contribution in [0.15, 0.2) is 54.6 Å². The van der Waals surface area contributed by atoms with Gasteiger partial charge in [0.25, 0.3) is 0 Å². The molecule has 2 N–H and O–H groups in total. The van der Waals surface area contributed by atoms with Gasteiger partial charge in [0.05, 0.1) is 23.0 Å². The Morgan fingerprint density at radius 1 is 1.09 bits per heavy atom. The molecule has 0 saturated carbocycles. The van der Waals surface area contributed by atoms with Gasteiger partial charge in [-0.2, -0.15) is 10.4 Å². The molecule has 0 aliphatic carbocycles. The Kier molecular flexibility index (Phi) is 7.37. The number of carbonyl (C=O) groups is 2. The monoisotopic (exact) mass is 458 g/mol. The van der Waals surface area contributed by atoms with Crippen molar-refractivity contribution in [2.45, 2.75) is 40.0 Å². The van der Waals surface area contributed by atoms with E-state index in [1.54, 1.807) is 35.9 Å². The van der Waals surface area contributed by atoms with Gasteiger partial charge in [0.2, 0.25) is 5.91 Å². The summed E-state index contributed by atoms with van der Waals surface area (Å²) >= 11 is 0. The molecule has 0 saturated heterocycles. The first-order chi connectivity index (χ1) is 16.1. The van der Waals surface area contributed by atoms with Crippen LogP contribution in [0.1, 0.15) is 44.5 Å². The number of benzene rings is 2. The van der Waals surface area contributed by atoms with Gasteiger partial charge in [-0.05, 0) is 49.7 Å². The normalized spacial score (nSPS) is 10.9. The Bertz CT molecular complexity index is 1220. The van der Waals surface area contributed by atoms with Gasteiger partial charge in [-0.1, -0.05) is 39.0 Å². The van der Waals surface area contributed by atoms with Crippen molar-refractivity contribution in [2.24, 2.45) is 0 Å². The number of hydrogen-bond donors (Lipinski definition) is 2. The van der Waals surface area contributed by atoms with Crippen LogP contribution in [0, 0.1) is 18.3 Å². The number of rotatable bonds is 6. The second-order valence-electron chi connectivity index (χ2n) is 9.04. The van der Waals surface area contributed by atoms with Gasteiger partial charge in [-0.3, -0.25) is 4.79 Å². The molecule has 0 aliphatic heterocycles. The third-order valence-corrected chi connectivity index (χ3v) is 5.36. The Hall–Kier alpha value is -4.12. The molecule has 0 unspecified atom stereocenters. The van der Waals surface area contributed by atoms with Crippen molar-refractivity contribution in [3.8, 4) is 11.8 Å². The topological polar surface area (TPSA) is 103 Å². The fraction of sp³-hybridized carbons (Fsp3) is 0.308. The molecule has 0 radical (unpaired) electrons. The highest BCUT2D eigenvalue weighted by atomic mass is 16.2. The maximum absolute atomic E-state index is 12.9. The molecular weight excluding hydrogens is 428 g/mol. The minimum absolute atomic E-state index is 0.123. The van der Waals surface area contributed by atoms with Gasteiger partial charge >= 0.3 is 6.03 Å². The molecule has 1 aromatic heterocycles. The van der Waals surface area contributed by atoms with E-state index in [1.807, 2.05) is 43.3 Å². The summed E-state index contributed by atoms with van der Waals surface area (Å²) in [6, 6.07) is 17.9. The van der Waals surface area contributed by atoms with Gasteiger partial charge < -0.3 is 15.5 Å². The number of anilines is 2. The maximum Gasteiger partial charge on any atom is 0.322 e. The van der Waals surface area contributed by atoms with Crippen molar-refractivity contribution in [2.75, 3.05) is 23.7 Å². The van der Waals surface area contributed by atoms with Crippen LogP contribution in [0.3, 0.4) is 0 Å². The first kappa shape index (κ1) is 24.5. The lowest BCUT2D eigenvalue weighted by Crippen LogP contribution is -2.40. The van der Waals surface area contributed by atoms with Crippen LogP contribution in [-0.4, -0.2) is 39.7 Å². The van der Waals surface area contributed by atoms with E-state index in [9.17, 15) is 9.59 Å². The fourth-order valence-corrected chi connectivity index (χ4v) is 3.33. The van der Waals surface area contributed by atoms with Crippen molar-refractivity contribution >= 4 is 23.4 Å². The number of amides is 3. The predicted octanol–water partition coefficient (Wildman–Crippen LogP) is 4.84. The Morgan fingerprint density at radius 3 is 2.35 bits per heavy atom. The zero-order valence-electron chi connectivity index (χ0n) is 20.2. The van der Waals surface area contributed by atoms with Gasteiger partial charge in [-0.15, -0.1) is 0 Å². The second-order valence-corrected chi connectivity index (χ2v) is 9.04. The molecule has 0 fully saturated rings. The molecular formula is C26H30N6O2. The van der Waals surface area contributed by atoms with Crippen LogP contribution in [0.25, 0.3) is 5.69 Å². The summed E-state index contributed by atoms with van der Waals surface area (Å²) in [4.78, 5) is 27.1. The molecule has 8 heteroatoms. The minimum atomic E-state index is -0.398. The summed E-state index contributed by atoms with van der Waals surface area (Å²) in [6.07, 6.45) is 0. The number of aryl methyl sites for hydroxylation is 1. The molecule has 0 aliphatic rings. The number of likely N-dealkylation sites (N-methyl/N-ethyl adjacent to an activating group) is 1. The average Bonchev–Trinajstić information content (AvgIpc) is 3.22. The van der Waals surface area contributed by atoms with Gasteiger partial charge in [0, 0.05) is 23.7 Å². The first-order valence-electron chi connectivity index (χ1n) is 11.1. The maximum atomic E-state index is 12.9. The summed E-state index contributed by atoms with van der Waals surface area (Å²) < 4.78 is 1.74. The third-order valence-electron chi connectivity index (χ3n) is 5.36. The SMILES string of the molecule is CCN(CC(=O)Nc1cc(C(C)(C)C)nn1-c1ccccc1C)C(=O)Nc1ccc(C#N)cc1. The molecule has 0 atom stereocenters. The van der Waals surface area contributed by atoms with E-state index in [0.29, 0.717) is 23.6 Å². The van der Waals surface area contributed by atoms with Crippen LogP contribution < -0.4 is 10.6 Å². The summed E-state index contributed by atoms with van der Waals surface area (Å²) in [5.74, 6) is 0.222. The molecule has 3 rings (SSSR count). The lowest BCUT2D eigenvalue weighted by atomic mass is 9.92. The average molecular weight is 459 g/mol. The zero-order chi connectivity index (χ0) is 24.9. The lowest BCUT2D eigenvalue weighted by Gasteiger charge is -2.21. The predicted molar refractivity (Wildman–Crippen MR) is 133 cm³/mol. The molecule has 0 bridgehead atoms. The lowest BCUT2D eigenvalue weighted by molar-refractivity contribution is -0.116. The van der Waals surface area contributed by atoms with E-state index >= 15 is 0 Å². The largest absolute Gasteiger partial charge is 0.322 e. The van der Waals surface area contributed by atoms with Crippen molar-refractivity contribution < 1.29 is 9.59 Å². The van der Waals surface area contributed by atoms with E-state index in [-0.39, 0.29) is 17.9 Å². The zero-order valence-corrected chi connectivity index (χ0v) is 20.2. The fourth-order valence-electron chi connectivity index (χ4n) is 3.33. The number of para-hydroxylation sites is 1. The number of aromatic nitrogens is 2. The standard InChI is InChI=1S/C26H30N6O2/c1-6-31(25(34)28-20-13-11-19(16-27)12-14-20)17-24(33)29-23-15-22(26(3,4)5)30-32(23)21-10-8-7-9-18(21)2/h7-15H,6,17H2,1-5H3,(H,28,34)(H,29,33). The van der Waals surface area contributed by atoms with E-state index in [0.717, 1.165) is 16.9 Å². The Morgan fingerprint density at radius 2 is 1.76 bits per heavy atom. The molecule has 3 aromatic rings. The number of urea groups is 1. The van der Waals surface area contributed by atoms with Crippen LogP contribution in [-0.2, 0) is 10.2 Å². The molecule has 1 heterocycles. The van der Waals surface area contributed by atoms with Crippen LogP contribution in [0.4, 0.5) is 16.3 Å². The highest BCUT2D eigenvalue weighted by Gasteiger charge is 2.23. The molecule has 2 aromatic carbocycles. The van der Waals surface area contributed by atoms with Gasteiger partial charge in [0.1, 0.15) is 12.4 Å². The smallest absolute Gasteiger partial charge is 0.315 e. The number of nitrogens with one attached hydrogen (secondary N) is 2. The van der Waals surface area contributed by atoms with E-state index in [4.69, 9.17) is 10.4 Å². The summed E-state index contributed by atoms with van der Waals surface area (Å²) in [5.41, 5.74) is 3.60. The summed E-state index contributed by atoms with van der Waals surface area (Å²) in [7, 11) is 0. The summed E-state index contributed by atoms with van der Waals surface area (Å²) in [5, 5.41) is 19.4. The number of hydrogen-bond acceptors (Lipinski definition) is 4. The molecule has 34 heavy (non-hydrogen) atoms. The third kappa shape index (κ3) is 5.81. The van der Waals surface area contributed by atoms with Gasteiger partial charge in [-0.25, -0.2) is 9.48 Å². The van der Waals surface area contributed by atoms with Crippen LogP contribution in [0.2, 0.25) is 0 Å². The summed E-state index contributed by atoms with van der Waals surface area (Å²) in [6.45, 7) is 10.2. The first-order valence-corrected chi connectivity index (χ1v) is 11.1. The second kappa shape index (κ2) is 10.2. The number of nitrogens with zero attached hydrogens (tertiary/aromatic N) is 4. The van der Waals surface area contributed by atoms with Crippen LogP contribution >= 0.6 is 0 Å². The number of nitriles is 1. The minimum Gasteiger partial charge on any atom is -0.315 e. The van der Waals surface area contributed by atoms with Crippen molar-refractivity contribution in [1.29, 1.82) is 5.26 Å². The highest BCUT2D eigenvalue weighted by molar-refractivity contribution is 5.96. The van der Waals surface area contributed by atoms with Crippen molar-refractivity contribution in [3.05, 3.63) is 71.4 Å². The van der Waals surface area contributed by atoms with E-state index in [1.165, 1.54) is 4.90 Å². The number of carbonyl (C=O) groups excluding carboxylic acids is 2. The molecule has 3 amide bonds. The molecule has 176 valence electrons. The highest BCUT2D eigenvalue weighted by Crippen LogP contribution is 2.27. The molecule has 8 nitrogen and oxygen atoms in total. The van der Waals surface area contributed by atoms with E-state index in [2.05, 4.69) is 31.4 Å². The molecule has 0 spiro atoms. The Labute approximate surface area is 200 Å².